The Morgan fingerprint density at radius 1 is 1.21 bits per heavy atom. The molecule has 1 aromatic carbocycles. The van der Waals surface area contributed by atoms with E-state index in [2.05, 4.69) is 47.9 Å². The average molecular weight is 408 g/mol. The van der Waals surface area contributed by atoms with E-state index in [0.717, 1.165) is 42.9 Å². The van der Waals surface area contributed by atoms with Crippen molar-refractivity contribution < 1.29 is 4.79 Å². The van der Waals surface area contributed by atoms with Gasteiger partial charge >= 0.3 is 0 Å². The summed E-state index contributed by atoms with van der Waals surface area (Å²) in [5, 5.41) is 7.33. The minimum Gasteiger partial charge on any atom is -0.325 e. The van der Waals surface area contributed by atoms with Crippen molar-refractivity contribution >= 4 is 38.9 Å². The summed E-state index contributed by atoms with van der Waals surface area (Å²) in [6.07, 6.45) is 0. The maximum absolute atomic E-state index is 12.5. The van der Waals surface area contributed by atoms with Crippen LogP contribution in [0.5, 0.6) is 0 Å². The third kappa shape index (κ3) is 4.66. The predicted octanol–water partition coefficient (Wildman–Crippen LogP) is 3.66. The number of hydrogen-bond acceptors (Lipinski definition) is 4. The Balaban J connectivity index is 1.48. The molecule has 0 unspecified atom stereocenters. The molecule has 1 atom stereocenters. The van der Waals surface area contributed by atoms with Gasteiger partial charge in [-0.1, -0.05) is 15.9 Å². The summed E-state index contributed by atoms with van der Waals surface area (Å²) < 4.78 is 1.01. The van der Waals surface area contributed by atoms with Crippen molar-refractivity contribution in [1.82, 2.24) is 9.80 Å². The monoisotopic (exact) mass is 407 g/mol. The van der Waals surface area contributed by atoms with Gasteiger partial charge in [0, 0.05) is 42.9 Å². The van der Waals surface area contributed by atoms with E-state index < -0.39 is 0 Å². The van der Waals surface area contributed by atoms with E-state index >= 15 is 0 Å². The minimum atomic E-state index is -0.114. The summed E-state index contributed by atoms with van der Waals surface area (Å²) in [6, 6.07) is 9.76. The summed E-state index contributed by atoms with van der Waals surface area (Å²) in [5.74, 6) is 0.0589. The highest BCUT2D eigenvalue weighted by Gasteiger charge is 2.25. The molecule has 0 saturated carbocycles. The van der Waals surface area contributed by atoms with Gasteiger partial charge in [-0.15, -0.1) is 0 Å². The number of thiophene rings is 1. The summed E-state index contributed by atoms with van der Waals surface area (Å²) in [7, 11) is 0. The van der Waals surface area contributed by atoms with Crippen molar-refractivity contribution in [2.45, 2.75) is 19.5 Å². The average Bonchev–Trinajstić information content (AvgIpc) is 3.10. The van der Waals surface area contributed by atoms with Gasteiger partial charge in [0.1, 0.15) is 0 Å². The third-order valence-corrected chi connectivity index (χ3v) is 5.69. The number of carbonyl (C=O) groups is 1. The Morgan fingerprint density at radius 3 is 2.54 bits per heavy atom. The quantitative estimate of drug-likeness (QED) is 0.821. The molecule has 2 heterocycles. The molecule has 0 spiro atoms. The lowest BCUT2D eigenvalue weighted by molar-refractivity contribution is -0.121. The van der Waals surface area contributed by atoms with Crippen LogP contribution in [0.1, 0.15) is 12.5 Å². The first kappa shape index (κ1) is 17.6. The number of rotatable bonds is 5. The second-order valence-corrected chi connectivity index (χ2v) is 7.81. The van der Waals surface area contributed by atoms with Gasteiger partial charge in [-0.2, -0.15) is 11.3 Å². The van der Waals surface area contributed by atoms with E-state index in [4.69, 9.17) is 0 Å². The minimum absolute atomic E-state index is 0.0589. The van der Waals surface area contributed by atoms with Gasteiger partial charge in [-0.05, 0) is 53.6 Å². The topological polar surface area (TPSA) is 35.6 Å². The first-order valence-electron chi connectivity index (χ1n) is 8.16. The number of nitrogens with zero attached hydrogens (tertiary/aromatic N) is 2. The number of amides is 1. The van der Waals surface area contributed by atoms with Gasteiger partial charge in [0.05, 0.1) is 6.04 Å². The molecule has 1 aliphatic rings. The zero-order valence-corrected chi connectivity index (χ0v) is 16.1. The molecule has 1 aromatic heterocycles. The summed E-state index contributed by atoms with van der Waals surface area (Å²) >= 11 is 5.15. The van der Waals surface area contributed by atoms with Crippen molar-refractivity contribution in [2.75, 3.05) is 31.5 Å². The van der Waals surface area contributed by atoms with Crippen molar-refractivity contribution in [2.24, 2.45) is 0 Å². The third-order valence-electron chi connectivity index (χ3n) is 4.43. The molecule has 1 fully saturated rings. The molecule has 3 rings (SSSR count). The van der Waals surface area contributed by atoms with Gasteiger partial charge in [0.15, 0.2) is 0 Å². The zero-order chi connectivity index (χ0) is 16.9. The largest absolute Gasteiger partial charge is 0.325 e. The second-order valence-electron chi connectivity index (χ2n) is 6.12. The van der Waals surface area contributed by atoms with Crippen molar-refractivity contribution in [3.8, 4) is 0 Å². The van der Waals surface area contributed by atoms with E-state index in [-0.39, 0.29) is 11.9 Å². The molecule has 1 saturated heterocycles. The summed E-state index contributed by atoms with van der Waals surface area (Å²) in [5.41, 5.74) is 2.22. The van der Waals surface area contributed by atoms with Crippen molar-refractivity contribution in [3.05, 3.63) is 51.1 Å². The van der Waals surface area contributed by atoms with Crippen LogP contribution in [-0.4, -0.2) is 47.9 Å². The Bertz CT molecular complexity index is 651. The number of halogens is 1. The molecule has 1 N–H and O–H groups in total. The molecule has 0 bridgehead atoms. The number of nitrogens with one attached hydrogen (secondary N) is 1. The summed E-state index contributed by atoms with van der Waals surface area (Å²) in [4.78, 5) is 17.2. The zero-order valence-electron chi connectivity index (χ0n) is 13.7. The fraction of sp³-hybridized carbons (Fsp3) is 0.389. The normalized spacial score (nSPS) is 17.6. The van der Waals surface area contributed by atoms with Gasteiger partial charge < -0.3 is 5.32 Å². The standard InChI is InChI=1S/C18H22BrN3OS/c1-14(18(23)20-17-4-2-16(19)3-5-17)22-9-7-21(8-10-22)12-15-6-11-24-13-15/h2-6,11,13-14H,7-10,12H2,1H3,(H,20,23)/t14-/m0/s1. The maximum atomic E-state index is 12.5. The smallest absolute Gasteiger partial charge is 0.241 e. The number of hydrogen-bond donors (Lipinski definition) is 1. The molecule has 0 aliphatic carbocycles. The van der Waals surface area contributed by atoms with Gasteiger partial charge in [0.2, 0.25) is 5.91 Å². The molecule has 4 nitrogen and oxygen atoms in total. The van der Waals surface area contributed by atoms with Crippen LogP contribution in [0.2, 0.25) is 0 Å². The number of carbonyl (C=O) groups excluding carboxylic acids is 1. The second kappa shape index (κ2) is 8.25. The van der Waals surface area contributed by atoms with Crippen LogP contribution in [0.15, 0.2) is 45.6 Å². The Kier molecular flexibility index (Phi) is 6.05. The Morgan fingerprint density at radius 2 is 1.92 bits per heavy atom. The highest BCUT2D eigenvalue weighted by atomic mass is 79.9. The number of piperazine rings is 1. The molecule has 0 radical (unpaired) electrons. The Hall–Kier alpha value is -1.21. The molecule has 24 heavy (non-hydrogen) atoms. The van der Waals surface area contributed by atoms with Crippen LogP contribution in [-0.2, 0) is 11.3 Å². The molecule has 1 aliphatic heterocycles. The van der Waals surface area contributed by atoms with Crippen LogP contribution < -0.4 is 5.32 Å². The molecule has 6 heteroatoms. The maximum Gasteiger partial charge on any atom is 0.241 e. The summed E-state index contributed by atoms with van der Waals surface area (Å²) in [6.45, 7) is 6.87. The van der Waals surface area contributed by atoms with E-state index in [0.29, 0.717) is 0 Å². The van der Waals surface area contributed by atoms with Crippen LogP contribution in [0.3, 0.4) is 0 Å². The van der Waals surface area contributed by atoms with Crippen LogP contribution in [0.25, 0.3) is 0 Å². The highest BCUT2D eigenvalue weighted by Crippen LogP contribution is 2.16. The lowest BCUT2D eigenvalue weighted by Crippen LogP contribution is -2.52. The number of anilines is 1. The fourth-order valence-corrected chi connectivity index (χ4v) is 3.82. The van der Waals surface area contributed by atoms with E-state index in [1.807, 2.05) is 31.2 Å². The van der Waals surface area contributed by atoms with Crippen LogP contribution in [0.4, 0.5) is 5.69 Å². The SMILES string of the molecule is C[C@@H](C(=O)Nc1ccc(Br)cc1)N1CCN(Cc2ccsc2)CC1. The molecular weight excluding hydrogens is 386 g/mol. The van der Waals surface area contributed by atoms with Crippen molar-refractivity contribution in [1.29, 1.82) is 0 Å². The van der Waals surface area contributed by atoms with Crippen LogP contribution in [0, 0.1) is 0 Å². The lowest BCUT2D eigenvalue weighted by atomic mass is 10.2. The highest BCUT2D eigenvalue weighted by molar-refractivity contribution is 9.10. The Labute approximate surface area is 155 Å². The van der Waals surface area contributed by atoms with E-state index in [1.165, 1.54) is 5.56 Å². The van der Waals surface area contributed by atoms with E-state index in [9.17, 15) is 4.79 Å². The predicted molar refractivity (Wildman–Crippen MR) is 103 cm³/mol. The first-order chi connectivity index (χ1) is 11.6. The molecular formula is C18H22BrN3OS. The van der Waals surface area contributed by atoms with Crippen molar-refractivity contribution in [3.63, 3.8) is 0 Å². The lowest BCUT2D eigenvalue weighted by Gasteiger charge is -2.37. The molecule has 1 amide bonds. The number of benzene rings is 1. The fourth-order valence-electron chi connectivity index (χ4n) is 2.90. The van der Waals surface area contributed by atoms with Gasteiger partial charge in [-0.3, -0.25) is 14.6 Å². The van der Waals surface area contributed by atoms with Gasteiger partial charge in [-0.25, -0.2) is 0 Å². The first-order valence-corrected chi connectivity index (χ1v) is 9.89. The van der Waals surface area contributed by atoms with Gasteiger partial charge in [0.25, 0.3) is 0 Å². The molecule has 2 aromatic rings. The molecule has 128 valence electrons. The van der Waals surface area contributed by atoms with E-state index in [1.54, 1.807) is 11.3 Å². The van der Waals surface area contributed by atoms with Crippen LogP contribution >= 0.6 is 27.3 Å².